The molecular weight excluding hydrogens is 206 g/mol. The molecule has 0 radical (unpaired) electrons. The molecule has 0 fully saturated rings. The molecule has 0 bridgehead atoms. The highest BCUT2D eigenvalue weighted by Crippen LogP contribution is 2.28. The number of hydrogen-bond donors (Lipinski definition) is 3. The van der Waals surface area contributed by atoms with Gasteiger partial charge in [0.05, 0.1) is 6.10 Å². The molecule has 0 saturated carbocycles. The van der Waals surface area contributed by atoms with Crippen LogP contribution in [0.2, 0.25) is 0 Å². The van der Waals surface area contributed by atoms with Gasteiger partial charge in [0.1, 0.15) is 0 Å². The Hall–Kier alpha value is -1.26. The molecule has 1 aromatic rings. The van der Waals surface area contributed by atoms with E-state index < -0.39 is 6.10 Å². The van der Waals surface area contributed by atoms with Gasteiger partial charge in [-0.2, -0.15) is 0 Å². The topological polar surface area (TPSA) is 63.9 Å². The summed E-state index contributed by atoms with van der Waals surface area (Å²) in [5, 5.41) is 28.4. The van der Waals surface area contributed by atoms with Crippen LogP contribution in [0.1, 0.15) is 25.5 Å². The normalized spacial score (nSPS) is 13.4. The molecular formula is C12H19NO3. The minimum absolute atomic E-state index is 0.173. The number of likely N-dealkylation sites (N-methyl/N-ethyl adjacent to an activating group) is 1. The Morgan fingerprint density at radius 3 is 2.31 bits per heavy atom. The lowest BCUT2D eigenvalue weighted by molar-refractivity contribution is 0.112. The third-order valence-electron chi connectivity index (χ3n) is 2.73. The van der Waals surface area contributed by atoms with Crippen molar-refractivity contribution in [3.8, 4) is 11.5 Å². The van der Waals surface area contributed by atoms with E-state index in [1.54, 1.807) is 6.07 Å². The second-order valence-electron chi connectivity index (χ2n) is 4.30. The summed E-state index contributed by atoms with van der Waals surface area (Å²) in [5.41, 5.74) is 0.600. The van der Waals surface area contributed by atoms with Crippen LogP contribution >= 0.6 is 0 Å². The standard InChI is InChI=1S/C12H19NO3/c1-8(2)13(3)7-12(16)9-4-5-10(14)11(15)6-9/h4-6,8,12,14-16H,7H2,1-3H3. The average molecular weight is 225 g/mol. The molecule has 0 aliphatic carbocycles. The number of benzene rings is 1. The number of aliphatic hydroxyl groups excluding tert-OH is 1. The lowest BCUT2D eigenvalue weighted by Crippen LogP contribution is -2.30. The van der Waals surface area contributed by atoms with Crippen molar-refractivity contribution in [1.29, 1.82) is 0 Å². The molecule has 0 spiro atoms. The SMILES string of the molecule is CC(C)N(C)CC(O)c1ccc(O)c(O)c1. The Kier molecular flexibility index (Phi) is 4.15. The summed E-state index contributed by atoms with van der Waals surface area (Å²) in [6.07, 6.45) is -0.668. The zero-order chi connectivity index (χ0) is 12.3. The van der Waals surface area contributed by atoms with E-state index in [0.717, 1.165) is 0 Å². The zero-order valence-corrected chi connectivity index (χ0v) is 9.88. The number of nitrogens with zero attached hydrogens (tertiary/aromatic N) is 1. The summed E-state index contributed by atoms with van der Waals surface area (Å²) in [7, 11) is 1.92. The zero-order valence-electron chi connectivity index (χ0n) is 9.88. The number of aliphatic hydroxyl groups is 1. The van der Waals surface area contributed by atoms with Crippen LogP contribution in [0, 0.1) is 0 Å². The van der Waals surface area contributed by atoms with E-state index in [1.807, 2.05) is 25.8 Å². The van der Waals surface area contributed by atoms with Gasteiger partial charge in [-0.1, -0.05) is 6.07 Å². The van der Waals surface area contributed by atoms with Gasteiger partial charge in [0.25, 0.3) is 0 Å². The molecule has 0 aliphatic heterocycles. The number of hydrogen-bond acceptors (Lipinski definition) is 4. The highest BCUT2D eigenvalue weighted by molar-refractivity contribution is 5.41. The number of rotatable bonds is 4. The lowest BCUT2D eigenvalue weighted by Gasteiger charge is -2.24. The summed E-state index contributed by atoms with van der Waals surface area (Å²) in [4.78, 5) is 2.01. The Bertz CT molecular complexity index is 352. The van der Waals surface area contributed by atoms with Gasteiger partial charge >= 0.3 is 0 Å². The van der Waals surface area contributed by atoms with Crippen molar-refractivity contribution < 1.29 is 15.3 Å². The summed E-state index contributed by atoms with van der Waals surface area (Å²) in [6.45, 7) is 4.57. The van der Waals surface area contributed by atoms with Crippen LogP contribution in [-0.2, 0) is 0 Å². The maximum absolute atomic E-state index is 9.92. The van der Waals surface area contributed by atoms with Crippen molar-refractivity contribution >= 4 is 0 Å². The molecule has 4 nitrogen and oxygen atoms in total. The Labute approximate surface area is 95.8 Å². The van der Waals surface area contributed by atoms with Gasteiger partial charge in [0, 0.05) is 12.6 Å². The Balaban J connectivity index is 2.73. The van der Waals surface area contributed by atoms with E-state index >= 15 is 0 Å². The van der Waals surface area contributed by atoms with Crippen LogP contribution in [0.3, 0.4) is 0 Å². The first-order valence-electron chi connectivity index (χ1n) is 5.32. The summed E-state index contributed by atoms with van der Waals surface area (Å²) >= 11 is 0. The van der Waals surface area contributed by atoms with Crippen LogP contribution < -0.4 is 0 Å². The molecule has 90 valence electrons. The highest BCUT2D eigenvalue weighted by Gasteiger charge is 2.14. The molecule has 3 N–H and O–H groups in total. The van der Waals surface area contributed by atoms with Crippen molar-refractivity contribution in [1.82, 2.24) is 4.90 Å². The number of phenolic OH excluding ortho intramolecular Hbond substituents is 2. The quantitative estimate of drug-likeness (QED) is 0.679. The van der Waals surface area contributed by atoms with Crippen LogP contribution in [0.25, 0.3) is 0 Å². The van der Waals surface area contributed by atoms with E-state index in [0.29, 0.717) is 18.2 Å². The first-order valence-corrected chi connectivity index (χ1v) is 5.32. The van der Waals surface area contributed by atoms with E-state index in [-0.39, 0.29) is 11.5 Å². The maximum atomic E-state index is 9.92. The second kappa shape index (κ2) is 5.18. The fourth-order valence-corrected chi connectivity index (χ4v) is 1.34. The number of aromatic hydroxyl groups is 2. The minimum Gasteiger partial charge on any atom is -0.504 e. The predicted octanol–water partition coefficient (Wildman–Crippen LogP) is 1.47. The van der Waals surface area contributed by atoms with Gasteiger partial charge in [0.2, 0.25) is 0 Å². The molecule has 4 heteroatoms. The van der Waals surface area contributed by atoms with Gasteiger partial charge in [-0.15, -0.1) is 0 Å². The first-order chi connectivity index (χ1) is 7.41. The van der Waals surface area contributed by atoms with Gasteiger partial charge in [-0.25, -0.2) is 0 Å². The third-order valence-corrected chi connectivity index (χ3v) is 2.73. The molecule has 0 aliphatic rings. The average Bonchev–Trinajstić information content (AvgIpc) is 2.21. The van der Waals surface area contributed by atoms with E-state index in [2.05, 4.69) is 0 Å². The van der Waals surface area contributed by atoms with Crippen molar-refractivity contribution in [2.75, 3.05) is 13.6 Å². The molecule has 0 heterocycles. The van der Waals surface area contributed by atoms with Crippen molar-refractivity contribution in [3.63, 3.8) is 0 Å². The highest BCUT2D eigenvalue weighted by atomic mass is 16.3. The maximum Gasteiger partial charge on any atom is 0.157 e. The largest absolute Gasteiger partial charge is 0.504 e. The Morgan fingerprint density at radius 1 is 1.19 bits per heavy atom. The summed E-state index contributed by atoms with van der Waals surface area (Å²) < 4.78 is 0. The van der Waals surface area contributed by atoms with Crippen LogP contribution in [-0.4, -0.2) is 39.9 Å². The fourth-order valence-electron chi connectivity index (χ4n) is 1.34. The smallest absolute Gasteiger partial charge is 0.157 e. The fraction of sp³-hybridized carbons (Fsp3) is 0.500. The van der Waals surface area contributed by atoms with Gasteiger partial charge in [-0.3, -0.25) is 0 Å². The van der Waals surface area contributed by atoms with Crippen molar-refractivity contribution in [2.24, 2.45) is 0 Å². The van der Waals surface area contributed by atoms with Crippen molar-refractivity contribution in [3.05, 3.63) is 23.8 Å². The lowest BCUT2D eigenvalue weighted by atomic mass is 10.1. The summed E-state index contributed by atoms with van der Waals surface area (Å²) in [6, 6.07) is 4.71. The van der Waals surface area contributed by atoms with Gasteiger partial charge < -0.3 is 20.2 Å². The minimum atomic E-state index is -0.668. The predicted molar refractivity (Wildman–Crippen MR) is 62.5 cm³/mol. The van der Waals surface area contributed by atoms with Gasteiger partial charge in [0.15, 0.2) is 11.5 Å². The first kappa shape index (κ1) is 12.8. The van der Waals surface area contributed by atoms with E-state index in [4.69, 9.17) is 5.11 Å². The summed E-state index contributed by atoms with van der Waals surface area (Å²) in [5.74, 6) is -0.378. The molecule has 1 rings (SSSR count). The van der Waals surface area contributed by atoms with Gasteiger partial charge in [-0.05, 0) is 38.6 Å². The monoisotopic (exact) mass is 225 g/mol. The molecule has 0 saturated heterocycles. The van der Waals surface area contributed by atoms with Crippen LogP contribution in [0.15, 0.2) is 18.2 Å². The third kappa shape index (κ3) is 3.12. The molecule has 0 aromatic heterocycles. The molecule has 0 amide bonds. The second-order valence-corrected chi connectivity index (χ2v) is 4.30. The van der Waals surface area contributed by atoms with E-state index in [9.17, 15) is 10.2 Å². The van der Waals surface area contributed by atoms with E-state index in [1.165, 1.54) is 12.1 Å². The Morgan fingerprint density at radius 2 is 1.81 bits per heavy atom. The molecule has 1 aromatic carbocycles. The molecule has 16 heavy (non-hydrogen) atoms. The van der Waals surface area contributed by atoms with Crippen LogP contribution in [0.5, 0.6) is 11.5 Å². The van der Waals surface area contributed by atoms with Crippen LogP contribution in [0.4, 0.5) is 0 Å². The number of phenols is 2. The van der Waals surface area contributed by atoms with Crippen molar-refractivity contribution in [2.45, 2.75) is 26.0 Å². The molecule has 1 unspecified atom stereocenters. The molecule has 1 atom stereocenters.